The maximum Gasteiger partial charge on any atom is 0.0416 e. The first kappa shape index (κ1) is 13.2. The van der Waals surface area contributed by atoms with Gasteiger partial charge in [0, 0.05) is 16.2 Å². The summed E-state index contributed by atoms with van der Waals surface area (Å²) in [7, 11) is 0. The second kappa shape index (κ2) is 6.07. The third-order valence-electron chi connectivity index (χ3n) is 3.10. The molecule has 2 N–H and O–H groups in total. The van der Waals surface area contributed by atoms with Gasteiger partial charge in [0.05, 0.1) is 0 Å². The van der Waals surface area contributed by atoms with Crippen LogP contribution >= 0.6 is 11.8 Å². The Morgan fingerprint density at radius 3 is 2.22 bits per heavy atom. The standard InChI is InChI=1S/C16H19NS/c1-12-8-6-7-11-15(12)18-13(2)16(17)14-9-4-3-5-10-14/h3-11,13,16H,17H2,1-2H3. The number of aryl methyl sites for hydroxylation is 1. The number of hydrogen-bond donors (Lipinski definition) is 1. The summed E-state index contributed by atoms with van der Waals surface area (Å²) in [5.41, 5.74) is 8.83. The molecule has 0 spiro atoms. The topological polar surface area (TPSA) is 26.0 Å². The van der Waals surface area contributed by atoms with E-state index in [4.69, 9.17) is 5.73 Å². The van der Waals surface area contributed by atoms with E-state index in [1.54, 1.807) is 0 Å². The van der Waals surface area contributed by atoms with Crippen molar-refractivity contribution in [3.8, 4) is 0 Å². The van der Waals surface area contributed by atoms with Crippen LogP contribution in [0.5, 0.6) is 0 Å². The van der Waals surface area contributed by atoms with Gasteiger partial charge in [-0.05, 0) is 24.1 Å². The van der Waals surface area contributed by atoms with Gasteiger partial charge in [0.1, 0.15) is 0 Å². The lowest BCUT2D eigenvalue weighted by Crippen LogP contribution is -2.21. The molecule has 0 radical (unpaired) electrons. The van der Waals surface area contributed by atoms with Gasteiger partial charge in [-0.15, -0.1) is 11.8 Å². The Bertz CT molecular complexity index is 495. The van der Waals surface area contributed by atoms with Crippen molar-refractivity contribution in [2.45, 2.75) is 30.0 Å². The van der Waals surface area contributed by atoms with Crippen LogP contribution in [0.4, 0.5) is 0 Å². The molecule has 0 aliphatic carbocycles. The molecule has 94 valence electrons. The molecule has 1 nitrogen and oxygen atoms in total. The number of nitrogens with two attached hydrogens (primary N) is 1. The van der Waals surface area contributed by atoms with Crippen LogP contribution in [0.2, 0.25) is 0 Å². The van der Waals surface area contributed by atoms with E-state index in [0.29, 0.717) is 5.25 Å². The fraction of sp³-hybridized carbons (Fsp3) is 0.250. The predicted molar refractivity (Wildman–Crippen MR) is 79.9 cm³/mol. The van der Waals surface area contributed by atoms with Crippen molar-refractivity contribution in [3.05, 3.63) is 65.7 Å². The highest BCUT2D eigenvalue weighted by Gasteiger charge is 2.16. The fourth-order valence-electron chi connectivity index (χ4n) is 1.91. The quantitative estimate of drug-likeness (QED) is 0.832. The molecule has 2 atom stereocenters. The van der Waals surface area contributed by atoms with Gasteiger partial charge >= 0.3 is 0 Å². The van der Waals surface area contributed by atoms with Gasteiger partial charge in [0.15, 0.2) is 0 Å². The Balaban J connectivity index is 2.09. The van der Waals surface area contributed by atoms with E-state index in [1.807, 2.05) is 30.0 Å². The molecule has 2 unspecified atom stereocenters. The van der Waals surface area contributed by atoms with Gasteiger partial charge in [-0.25, -0.2) is 0 Å². The molecule has 0 saturated heterocycles. The zero-order chi connectivity index (χ0) is 13.0. The Kier molecular flexibility index (Phi) is 4.45. The minimum atomic E-state index is 0.0656. The van der Waals surface area contributed by atoms with E-state index in [0.717, 1.165) is 0 Å². The summed E-state index contributed by atoms with van der Waals surface area (Å²) >= 11 is 1.85. The molecular formula is C16H19NS. The van der Waals surface area contributed by atoms with Gasteiger partial charge in [-0.2, -0.15) is 0 Å². The van der Waals surface area contributed by atoms with Crippen LogP contribution in [0.25, 0.3) is 0 Å². The van der Waals surface area contributed by atoms with E-state index in [1.165, 1.54) is 16.0 Å². The Labute approximate surface area is 113 Å². The van der Waals surface area contributed by atoms with Crippen molar-refractivity contribution in [1.29, 1.82) is 0 Å². The zero-order valence-corrected chi connectivity index (χ0v) is 11.7. The Hall–Kier alpha value is -1.25. The maximum absolute atomic E-state index is 6.32. The molecule has 0 saturated carbocycles. The second-order valence-electron chi connectivity index (χ2n) is 4.52. The van der Waals surface area contributed by atoms with Crippen molar-refractivity contribution in [3.63, 3.8) is 0 Å². The third-order valence-corrected chi connectivity index (χ3v) is 4.47. The average Bonchev–Trinajstić information content (AvgIpc) is 2.41. The number of benzene rings is 2. The average molecular weight is 257 g/mol. The largest absolute Gasteiger partial charge is 0.323 e. The molecule has 2 aromatic rings. The van der Waals surface area contributed by atoms with Gasteiger partial charge in [-0.1, -0.05) is 55.5 Å². The molecule has 2 rings (SSSR count). The molecule has 0 bridgehead atoms. The lowest BCUT2D eigenvalue weighted by Gasteiger charge is -2.20. The molecule has 0 aromatic heterocycles. The third kappa shape index (κ3) is 3.15. The summed E-state index contributed by atoms with van der Waals surface area (Å²) in [6.07, 6.45) is 0. The van der Waals surface area contributed by atoms with Crippen LogP contribution in [-0.2, 0) is 0 Å². The highest BCUT2D eigenvalue weighted by atomic mass is 32.2. The maximum atomic E-state index is 6.32. The van der Waals surface area contributed by atoms with E-state index in [-0.39, 0.29) is 6.04 Å². The number of thioether (sulfide) groups is 1. The van der Waals surface area contributed by atoms with Crippen molar-refractivity contribution >= 4 is 11.8 Å². The van der Waals surface area contributed by atoms with E-state index >= 15 is 0 Å². The van der Waals surface area contributed by atoms with Crippen LogP contribution in [0.1, 0.15) is 24.1 Å². The lowest BCUT2D eigenvalue weighted by molar-refractivity contribution is 0.715. The van der Waals surface area contributed by atoms with Crippen LogP contribution in [0, 0.1) is 6.92 Å². The minimum absolute atomic E-state index is 0.0656. The molecular weight excluding hydrogens is 238 g/mol. The van der Waals surface area contributed by atoms with Crippen LogP contribution in [0.3, 0.4) is 0 Å². The molecule has 0 aliphatic rings. The SMILES string of the molecule is Cc1ccccc1SC(C)C(N)c1ccccc1. The predicted octanol–water partition coefficient (Wildman–Crippen LogP) is 4.18. The summed E-state index contributed by atoms with van der Waals surface area (Å²) in [6, 6.07) is 18.8. The van der Waals surface area contributed by atoms with Crippen molar-refractivity contribution in [2.24, 2.45) is 5.73 Å². The van der Waals surface area contributed by atoms with Crippen molar-refractivity contribution < 1.29 is 0 Å². The normalized spacial score (nSPS) is 14.2. The first-order chi connectivity index (χ1) is 8.68. The van der Waals surface area contributed by atoms with Gasteiger partial charge in [0.25, 0.3) is 0 Å². The number of hydrogen-bond acceptors (Lipinski definition) is 2. The molecule has 0 heterocycles. The summed E-state index contributed by atoms with van der Waals surface area (Å²) in [6.45, 7) is 4.33. The molecule has 0 fully saturated rings. The Morgan fingerprint density at radius 2 is 1.56 bits per heavy atom. The van der Waals surface area contributed by atoms with E-state index < -0.39 is 0 Å². The summed E-state index contributed by atoms with van der Waals surface area (Å²) in [5, 5.41) is 0.355. The highest BCUT2D eigenvalue weighted by Crippen LogP contribution is 2.32. The van der Waals surface area contributed by atoms with Gasteiger partial charge in [-0.3, -0.25) is 0 Å². The van der Waals surface area contributed by atoms with E-state index in [9.17, 15) is 0 Å². The highest BCUT2D eigenvalue weighted by molar-refractivity contribution is 8.00. The van der Waals surface area contributed by atoms with E-state index in [2.05, 4.69) is 50.2 Å². The summed E-state index contributed by atoms with van der Waals surface area (Å²) in [4.78, 5) is 1.32. The first-order valence-corrected chi connectivity index (χ1v) is 7.09. The van der Waals surface area contributed by atoms with Crippen molar-refractivity contribution in [2.75, 3.05) is 0 Å². The van der Waals surface area contributed by atoms with Crippen LogP contribution in [0.15, 0.2) is 59.5 Å². The van der Waals surface area contributed by atoms with Crippen molar-refractivity contribution in [1.82, 2.24) is 0 Å². The molecule has 2 heteroatoms. The lowest BCUT2D eigenvalue weighted by atomic mass is 10.1. The molecule has 2 aromatic carbocycles. The monoisotopic (exact) mass is 257 g/mol. The molecule has 18 heavy (non-hydrogen) atoms. The minimum Gasteiger partial charge on any atom is -0.323 e. The Morgan fingerprint density at radius 1 is 0.944 bits per heavy atom. The zero-order valence-electron chi connectivity index (χ0n) is 10.8. The summed E-state index contributed by atoms with van der Waals surface area (Å²) in [5.74, 6) is 0. The molecule has 0 aliphatic heterocycles. The van der Waals surface area contributed by atoms with Crippen LogP contribution < -0.4 is 5.73 Å². The molecule has 0 amide bonds. The van der Waals surface area contributed by atoms with Gasteiger partial charge in [0.2, 0.25) is 0 Å². The van der Waals surface area contributed by atoms with Gasteiger partial charge < -0.3 is 5.73 Å². The summed E-state index contributed by atoms with van der Waals surface area (Å²) < 4.78 is 0. The second-order valence-corrected chi connectivity index (χ2v) is 5.94. The van der Waals surface area contributed by atoms with Crippen LogP contribution in [-0.4, -0.2) is 5.25 Å². The fourth-order valence-corrected chi connectivity index (χ4v) is 3.02. The first-order valence-electron chi connectivity index (χ1n) is 6.21. The smallest absolute Gasteiger partial charge is 0.0416 e. The number of rotatable bonds is 4.